The molecule has 4 N–H and O–H groups in total. The molecule has 1 aromatic heterocycles. The minimum Gasteiger partial charge on any atom is -0.370 e. The molecule has 3 rings (SSSR count). The van der Waals surface area contributed by atoms with Gasteiger partial charge in [0.1, 0.15) is 0 Å². The molecule has 0 aliphatic carbocycles. The van der Waals surface area contributed by atoms with Gasteiger partial charge in [0.2, 0.25) is 9.84 Å². The Hall–Kier alpha value is -2.32. The smallest absolute Gasteiger partial charge is 0.213 e. The molecule has 2 aromatic rings. The molecule has 1 aliphatic heterocycles. The molecule has 0 fully saturated rings. The Labute approximate surface area is 147 Å². The van der Waals surface area contributed by atoms with Crippen molar-refractivity contribution in [2.24, 2.45) is 5.73 Å². The lowest BCUT2D eigenvalue weighted by Crippen LogP contribution is -2.39. The summed E-state index contributed by atoms with van der Waals surface area (Å²) in [5.41, 5.74) is 6.16. The molecule has 1 aromatic carbocycles. The first kappa shape index (κ1) is 17.5. The third-order valence-corrected chi connectivity index (χ3v) is 6.15. The number of anilines is 2. The Kier molecular flexibility index (Phi) is 4.34. The van der Waals surface area contributed by atoms with Crippen LogP contribution < -0.4 is 16.4 Å². The highest BCUT2D eigenvalue weighted by molar-refractivity contribution is 7.91. The van der Waals surface area contributed by atoms with Crippen molar-refractivity contribution >= 4 is 27.2 Å². The Morgan fingerprint density at radius 1 is 1.32 bits per heavy atom. The fraction of sp³-hybridized carbons (Fsp3) is 0.353. The van der Waals surface area contributed by atoms with Crippen molar-refractivity contribution in [1.29, 1.82) is 0 Å². The van der Waals surface area contributed by atoms with E-state index in [1.807, 2.05) is 19.9 Å². The third kappa shape index (κ3) is 2.91. The predicted molar refractivity (Wildman–Crippen MR) is 99.3 cm³/mol. The number of hydrogen-bond acceptors (Lipinski definition) is 6. The first-order chi connectivity index (χ1) is 11.8. The SMILES string of the molecule is CNc1nn2c(c1S(=O)(=O)c1ccccc1)NC(C)(CCN)C=C2C. The number of nitrogens with one attached hydrogen (secondary N) is 2. The van der Waals surface area contributed by atoms with Gasteiger partial charge in [-0.2, -0.15) is 0 Å². The molecule has 1 aliphatic rings. The molecule has 8 heteroatoms. The van der Waals surface area contributed by atoms with E-state index in [1.165, 1.54) is 0 Å². The van der Waals surface area contributed by atoms with Crippen LogP contribution in [0.2, 0.25) is 0 Å². The van der Waals surface area contributed by atoms with Gasteiger partial charge in [0, 0.05) is 12.7 Å². The van der Waals surface area contributed by atoms with Crippen molar-refractivity contribution in [3.63, 3.8) is 0 Å². The highest BCUT2D eigenvalue weighted by Crippen LogP contribution is 2.40. The summed E-state index contributed by atoms with van der Waals surface area (Å²) < 4.78 is 28.1. The molecular weight excluding hydrogens is 338 g/mol. The van der Waals surface area contributed by atoms with Gasteiger partial charge in [0.15, 0.2) is 16.5 Å². The monoisotopic (exact) mass is 361 g/mol. The zero-order chi connectivity index (χ0) is 18.2. The normalized spacial score (nSPS) is 19.8. The van der Waals surface area contributed by atoms with Crippen molar-refractivity contribution in [3.05, 3.63) is 36.4 Å². The highest BCUT2D eigenvalue weighted by Gasteiger charge is 2.36. The fourth-order valence-electron chi connectivity index (χ4n) is 3.17. The zero-order valence-electron chi connectivity index (χ0n) is 14.6. The van der Waals surface area contributed by atoms with E-state index in [0.717, 1.165) is 5.70 Å². The first-order valence-corrected chi connectivity index (χ1v) is 9.60. The molecule has 0 amide bonds. The van der Waals surface area contributed by atoms with Crippen LogP contribution in [0.4, 0.5) is 11.6 Å². The van der Waals surface area contributed by atoms with Crippen LogP contribution in [0.5, 0.6) is 0 Å². The van der Waals surface area contributed by atoms with E-state index < -0.39 is 15.4 Å². The van der Waals surface area contributed by atoms with Crippen molar-refractivity contribution in [2.45, 2.75) is 35.6 Å². The Balaban J connectivity index is 2.22. The molecule has 0 saturated heterocycles. The molecule has 1 unspecified atom stereocenters. The number of rotatable bonds is 5. The summed E-state index contributed by atoms with van der Waals surface area (Å²) in [6.07, 6.45) is 2.70. The van der Waals surface area contributed by atoms with Gasteiger partial charge in [-0.05, 0) is 45.0 Å². The largest absolute Gasteiger partial charge is 0.370 e. The number of fused-ring (bicyclic) bond motifs is 1. The van der Waals surface area contributed by atoms with E-state index in [9.17, 15) is 8.42 Å². The maximum absolute atomic E-state index is 13.2. The first-order valence-electron chi connectivity index (χ1n) is 8.11. The summed E-state index contributed by atoms with van der Waals surface area (Å²) in [6.45, 7) is 4.39. The molecule has 0 spiro atoms. The van der Waals surface area contributed by atoms with Crippen LogP contribution in [0.25, 0.3) is 5.70 Å². The summed E-state index contributed by atoms with van der Waals surface area (Å²) in [7, 11) is -2.07. The Morgan fingerprint density at radius 3 is 2.60 bits per heavy atom. The van der Waals surface area contributed by atoms with Crippen LogP contribution >= 0.6 is 0 Å². The third-order valence-electron chi connectivity index (χ3n) is 4.33. The van der Waals surface area contributed by atoms with Gasteiger partial charge >= 0.3 is 0 Å². The van der Waals surface area contributed by atoms with E-state index in [4.69, 9.17) is 5.73 Å². The number of allylic oxidation sites excluding steroid dienone is 1. The minimum absolute atomic E-state index is 0.150. The van der Waals surface area contributed by atoms with Crippen LogP contribution in [-0.4, -0.2) is 37.3 Å². The van der Waals surface area contributed by atoms with E-state index in [-0.39, 0.29) is 9.79 Å². The summed E-state index contributed by atoms with van der Waals surface area (Å²) in [6, 6.07) is 8.37. The number of benzene rings is 1. The minimum atomic E-state index is -3.74. The summed E-state index contributed by atoms with van der Waals surface area (Å²) >= 11 is 0. The van der Waals surface area contributed by atoms with Crippen molar-refractivity contribution in [3.8, 4) is 0 Å². The maximum atomic E-state index is 13.2. The van der Waals surface area contributed by atoms with E-state index in [1.54, 1.807) is 42.1 Å². The Bertz CT molecular complexity index is 918. The lowest BCUT2D eigenvalue weighted by atomic mass is 9.95. The Morgan fingerprint density at radius 2 is 2.00 bits per heavy atom. The van der Waals surface area contributed by atoms with E-state index >= 15 is 0 Å². The quantitative estimate of drug-likeness (QED) is 0.754. The van der Waals surface area contributed by atoms with Crippen molar-refractivity contribution in [2.75, 3.05) is 24.2 Å². The number of nitrogens with zero attached hydrogens (tertiary/aromatic N) is 2. The van der Waals surface area contributed by atoms with Gasteiger partial charge in [-0.25, -0.2) is 13.1 Å². The van der Waals surface area contributed by atoms with Crippen molar-refractivity contribution in [1.82, 2.24) is 9.78 Å². The van der Waals surface area contributed by atoms with Gasteiger partial charge in [0.05, 0.1) is 10.4 Å². The van der Waals surface area contributed by atoms with Crippen LogP contribution in [0.15, 0.2) is 46.2 Å². The standard InChI is InChI=1S/C17H23N5O2S/c1-12-11-17(2,9-10-18)20-16-14(15(19-3)21-22(12)16)25(23,24)13-7-5-4-6-8-13/h4-8,11,20H,9-10,18H2,1-3H3,(H,19,21). The topological polar surface area (TPSA) is 102 Å². The number of sulfone groups is 1. The van der Waals surface area contributed by atoms with Crippen LogP contribution in [0.1, 0.15) is 20.3 Å². The van der Waals surface area contributed by atoms with Crippen LogP contribution in [0.3, 0.4) is 0 Å². The van der Waals surface area contributed by atoms with E-state index in [0.29, 0.717) is 24.6 Å². The van der Waals surface area contributed by atoms with E-state index in [2.05, 4.69) is 15.7 Å². The summed E-state index contributed by atoms with van der Waals surface area (Å²) in [5.74, 6) is 0.778. The second kappa shape index (κ2) is 6.20. The predicted octanol–water partition coefficient (Wildman–Crippen LogP) is 2.15. The summed E-state index contributed by atoms with van der Waals surface area (Å²) in [5, 5.41) is 10.7. The summed E-state index contributed by atoms with van der Waals surface area (Å²) in [4.78, 5) is 0.383. The second-order valence-corrected chi connectivity index (χ2v) is 8.26. The highest BCUT2D eigenvalue weighted by atomic mass is 32.2. The average Bonchev–Trinajstić information content (AvgIpc) is 2.95. The molecule has 0 radical (unpaired) electrons. The fourth-order valence-corrected chi connectivity index (χ4v) is 4.71. The van der Waals surface area contributed by atoms with Gasteiger partial charge in [-0.15, -0.1) is 5.10 Å². The van der Waals surface area contributed by atoms with Gasteiger partial charge in [0.25, 0.3) is 0 Å². The maximum Gasteiger partial charge on any atom is 0.213 e. The van der Waals surface area contributed by atoms with Crippen LogP contribution in [0, 0.1) is 0 Å². The second-order valence-electron chi connectivity index (χ2n) is 6.37. The lowest BCUT2D eigenvalue weighted by molar-refractivity contribution is 0.563. The number of aromatic nitrogens is 2. The van der Waals surface area contributed by atoms with Gasteiger partial charge in [-0.3, -0.25) is 0 Å². The molecule has 2 heterocycles. The molecule has 25 heavy (non-hydrogen) atoms. The molecular formula is C17H23N5O2S. The zero-order valence-corrected chi connectivity index (χ0v) is 15.4. The molecule has 7 nitrogen and oxygen atoms in total. The average molecular weight is 361 g/mol. The number of nitrogens with two attached hydrogens (primary N) is 1. The number of hydrogen-bond donors (Lipinski definition) is 3. The molecule has 0 saturated carbocycles. The van der Waals surface area contributed by atoms with Gasteiger partial charge < -0.3 is 16.4 Å². The van der Waals surface area contributed by atoms with Gasteiger partial charge in [-0.1, -0.05) is 18.2 Å². The lowest BCUT2D eigenvalue weighted by Gasteiger charge is -2.33. The molecule has 0 bridgehead atoms. The van der Waals surface area contributed by atoms with Crippen LogP contribution in [-0.2, 0) is 9.84 Å². The molecule has 134 valence electrons. The van der Waals surface area contributed by atoms with Crippen molar-refractivity contribution < 1.29 is 8.42 Å². The molecule has 1 atom stereocenters.